The molecule has 2 atom stereocenters. The quantitative estimate of drug-likeness (QED) is 0.361. The Balaban J connectivity index is 1.50. The lowest BCUT2D eigenvalue weighted by Crippen LogP contribution is -2.30. The fourth-order valence-corrected chi connectivity index (χ4v) is 3.95. The highest BCUT2D eigenvalue weighted by Crippen LogP contribution is 2.39. The number of nitro groups is 1. The number of benzene rings is 2. The first-order valence-electron chi connectivity index (χ1n) is 9.54. The highest BCUT2D eigenvalue weighted by Gasteiger charge is 2.48. The third-order valence-electron chi connectivity index (χ3n) is 5.53. The van der Waals surface area contributed by atoms with E-state index in [2.05, 4.69) is 5.32 Å². The zero-order valence-electron chi connectivity index (χ0n) is 16.2. The van der Waals surface area contributed by atoms with Crippen LogP contribution in [0.2, 0.25) is 0 Å². The van der Waals surface area contributed by atoms with Crippen molar-refractivity contribution in [2.24, 2.45) is 11.8 Å². The van der Waals surface area contributed by atoms with Crippen LogP contribution in [0.3, 0.4) is 0 Å². The monoisotopic (exact) mass is 405 g/mol. The van der Waals surface area contributed by atoms with Crippen molar-refractivity contribution in [2.45, 2.75) is 19.8 Å². The van der Waals surface area contributed by atoms with Gasteiger partial charge in [-0.3, -0.25) is 29.4 Å². The van der Waals surface area contributed by atoms with Crippen LogP contribution >= 0.6 is 0 Å². The molecule has 1 fully saturated rings. The number of rotatable bonds is 4. The largest absolute Gasteiger partial charge is 0.322 e. The predicted octanol–water partition coefficient (Wildman–Crippen LogP) is 3.69. The lowest BCUT2D eigenvalue weighted by molar-refractivity contribution is -0.384. The second-order valence-corrected chi connectivity index (χ2v) is 7.52. The van der Waals surface area contributed by atoms with Gasteiger partial charge in [-0.2, -0.15) is 0 Å². The fraction of sp³-hybridized carbons (Fsp3) is 0.227. The number of imide groups is 1. The summed E-state index contributed by atoms with van der Waals surface area (Å²) in [5.74, 6) is -1.50. The van der Waals surface area contributed by atoms with Crippen molar-refractivity contribution < 1.29 is 19.3 Å². The van der Waals surface area contributed by atoms with Crippen molar-refractivity contribution in [2.75, 3.05) is 10.2 Å². The van der Waals surface area contributed by atoms with E-state index < -0.39 is 10.8 Å². The van der Waals surface area contributed by atoms with Crippen LogP contribution in [-0.4, -0.2) is 22.6 Å². The van der Waals surface area contributed by atoms with Crippen LogP contribution in [0.4, 0.5) is 17.1 Å². The van der Waals surface area contributed by atoms with E-state index in [1.807, 2.05) is 13.0 Å². The SMILES string of the molecule is CC1=CC[C@H]2C(=O)N(c3ccc(C(=O)Nc4cccc([N+](=O)[O-])c4)cc3)C(=O)[C@@H]2C1. The van der Waals surface area contributed by atoms with Crippen LogP contribution < -0.4 is 10.2 Å². The molecule has 3 amide bonds. The Hall–Kier alpha value is -3.81. The summed E-state index contributed by atoms with van der Waals surface area (Å²) < 4.78 is 0. The van der Waals surface area contributed by atoms with Gasteiger partial charge in [0.1, 0.15) is 0 Å². The van der Waals surface area contributed by atoms with Crippen molar-refractivity contribution in [3.05, 3.63) is 75.9 Å². The zero-order valence-corrected chi connectivity index (χ0v) is 16.2. The molecule has 0 saturated carbocycles. The van der Waals surface area contributed by atoms with Crippen molar-refractivity contribution in [1.82, 2.24) is 0 Å². The van der Waals surface area contributed by atoms with Crippen LogP contribution in [-0.2, 0) is 9.59 Å². The number of nitrogens with one attached hydrogen (secondary N) is 1. The van der Waals surface area contributed by atoms with E-state index in [0.29, 0.717) is 29.8 Å². The minimum atomic E-state index is -0.539. The summed E-state index contributed by atoms with van der Waals surface area (Å²) in [5, 5.41) is 13.5. The summed E-state index contributed by atoms with van der Waals surface area (Å²) in [5.41, 5.74) is 2.03. The highest BCUT2D eigenvalue weighted by atomic mass is 16.6. The first-order chi connectivity index (χ1) is 14.3. The molecule has 0 bridgehead atoms. The minimum absolute atomic E-state index is 0.125. The number of anilines is 2. The molecule has 8 nitrogen and oxygen atoms in total. The second kappa shape index (κ2) is 7.55. The molecule has 2 aliphatic rings. The molecule has 8 heteroatoms. The highest BCUT2D eigenvalue weighted by molar-refractivity contribution is 6.22. The normalized spacial score (nSPS) is 20.6. The van der Waals surface area contributed by atoms with Gasteiger partial charge in [0.05, 0.1) is 22.4 Å². The maximum absolute atomic E-state index is 12.8. The van der Waals surface area contributed by atoms with Gasteiger partial charge < -0.3 is 5.32 Å². The summed E-state index contributed by atoms with van der Waals surface area (Å²) in [6, 6.07) is 11.8. The number of nitrogens with zero attached hydrogens (tertiary/aromatic N) is 2. The van der Waals surface area contributed by atoms with Gasteiger partial charge in [0, 0.05) is 23.4 Å². The maximum atomic E-state index is 12.8. The van der Waals surface area contributed by atoms with Crippen LogP contribution in [0, 0.1) is 22.0 Å². The number of amides is 3. The maximum Gasteiger partial charge on any atom is 0.271 e. The number of allylic oxidation sites excluding steroid dienone is 2. The van der Waals surface area contributed by atoms with Gasteiger partial charge in [-0.05, 0) is 50.1 Å². The molecule has 1 aliphatic heterocycles. The molecule has 1 aliphatic carbocycles. The van der Waals surface area contributed by atoms with E-state index >= 15 is 0 Å². The second-order valence-electron chi connectivity index (χ2n) is 7.52. The lowest BCUT2D eigenvalue weighted by atomic mass is 9.82. The summed E-state index contributed by atoms with van der Waals surface area (Å²) in [6.45, 7) is 1.96. The standard InChI is InChI=1S/C22H19N3O5/c1-13-5-10-18-19(11-13)22(28)24(21(18)27)16-8-6-14(7-9-16)20(26)23-15-3-2-4-17(12-15)25(29)30/h2-9,12,18-19H,10-11H2,1H3,(H,23,26)/t18-,19-/m1/s1. The van der Waals surface area contributed by atoms with E-state index in [-0.39, 0.29) is 29.3 Å². The van der Waals surface area contributed by atoms with Crippen LogP contribution in [0.15, 0.2) is 60.2 Å². The predicted molar refractivity (Wildman–Crippen MR) is 110 cm³/mol. The van der Waals surface area contributed by atoms with Gasteiger partial charge in [-0.1, -0.05) is 17.7 Å². The molecule has 0 aromatic heterocycles. The Morgan fingerprint density at radius 2 is 1.80 bits per heavy atom. The minimum Gasteiger partial charge on any atom is -0.322 e. The number of hydrogen-bond acceptors (Lipinski definition) is 5. The van der Waals surface area contributed by atoms with E-state index in [0.717, 1.165) is 5.57 Å². The Kier molecular flexibility index (Phi) is 4.91. The van der Waals surface area contributed by atoms with Crippen LogP contribution in [0.5, 0.6) is 0 Å². The molecule has 1 heterocycles. The zero-order chi connectivity index (χ0) is 21.4. The number of carbonyl (C=O) groups is 3. The van der Waals surface area contributed by atoms with E-state index in [4.69, 9.17) is 0 Å². The topological polar surface area (TPSA) is 110 Å². The summed E-state index contributed by atoms with van der Waals surface area (Å²) >= 11 is 0. The van der Waals surface area contributed by atoms with Gasteiger partial charge in [0.2, 0.25) is 11.8 Å². The van der Waals surface area contributed by atoms with Crippen LogP contribution in [0.1, 0.15) is 30.1 Å². The van der Waals surface area contributed by atoms with Gasteiger partial charge in [0.25, 0.3) is 11.6 Å². The molecule has 152 valence electrons. The van der Waals surface area contributed by atoms with Gasteiger partial charge in [-0.25, -0.2) is 0 Å². The average molecular weight is 405 g/mol. The number of non-ortho nitro benzene ring substituents is 1. The Morgan fingerprint density at radius 1 is 1.10 bits per heavy atom. The fourth-order valence-electron chi connectivity index (χ4n) is 3.95. The van der Waals surface area contributed by atoms with E-state index in [9.17, 15) is 24.5 Å². The molecule has 0 unspecified atom stereocenters. The lowest BCUT2D eigenvalue weighted by Gasteiger charge is -2.18. The average Bonchev–Trinajstić information content (AvgIpc) is 2.98. The summed E-state index contributed by atoms with van der Waals surface area (Å²) in [7, 11) is 0. The number of hydrogen-bond donors (Lipinski definition) is 1. The molecular formula is C22H19N3O5. The molecule has 0 radical (unpaired) electrons. The summed E-state index contributed by atoms with van der Waals surface area (Å²) in [4.78, 5) is 49.5. The van der Waals surface area contributed by atoms with Crippen LogP contribution in [0.25, 0.3) is 0 Å². The molecule has 1 N–H and O–H groups in total. The molecule has 0 spiro atoms. The van der Waals surface area contributed by atoms with Gasteiger partial charge in [0.15, 0.2) is 0 Å². The Labute approximate surface area is 172 Å². The van der Waals surface area contributed by atoms with Gasteiger partial charge >= 0.3 is 0 Å². The number of carbonyl (C=O) groups excluding carboxylic acids is 3. The number of nitro benzene ring substituents is 1. The molecule has 1 saturated heterocycles. The van der Waals surface area contributed by atoms with E-state index in [1.54, 1.807) is 18.2 Å². The van der Waals surface area contributed by atoms with Crippen molar-refractivity contribution in [1.29, 1.82) is 0 Å². The number of fused-ring (bicyclic) bond motifs is 1. The molecular weight excluding hydrogens is 386 g/mol. The third-order valence-corrected chi connectivity index (χ3v) is 5.53. The summed E-state index contributed by atoms with van der Waals surface area (Å²) in [6.07, 6.45) is 3.17. The third kappa shape index (κ3) is 3.47. The first kappa shape index (κ1) is 19.5. The van der Waals surface area contributed by atoms with Crippen molar-refractivity contribution >= 4 is 34.8 Å². The van der Waals surface area contributed by atoms with E-state index in [1.165, 1.54) is 35.2 Å². The smallest absolute Gasteiger partial charge is 0.271 e. The Morgan fingerprint density at radius 3 is 2.50 bits per heavy atom. The first-order valence-corrected chi connectivity index (χ1v) is 9.54. The van der Waals surface area contributed by atoms with Crippen molar-refractivity contribution in [3.63, 3.8) is 0 Å². The molecule has 30 heavy (non-hydrogen) atoms. The van der Waals surface area contributed by atoms with Crippen molar-refractivity contribution in [3.8, 4) is 0 Å². The molecule has 2 aromatic carbocycles. The Bertz CT molecular complexity index is 1090. The molecule has 2 aromatic rings. The molecule has 4 rings (SSSR count). The van der Waals surface area contributed by atoms with Gasteiger partial charge in [-0.15, -0.1) is 0 Å².